The molecule has 2 aromatic carbocycles. The van der Waals surface area contributed by atoms with Crippen LogP contribution in [0, 0.1) is 33.5 Å². The number of rotatable bonds is 4. The maximum absolute atomic E-state index is 14.2. The number of nitriles is 2. The van der Waals surface area contributed by atoms with Crippen molar-refractivity contribution in [2.45, 2.75) is 17.9 Å². The van der Waals surface area contributed by atoms with E-state index in [1.54, 1.807) is 17.0 Å². The molecule has 1 spiro atoms. The lowest BCUT2D eigenvalue weighted by Crippen LogP contribution is -2.91. The second-order valence-electron chi connectivity index (χ2n) is 7.93. The van der Waals surface area contributed by atoms with Crippen molar-refractivity contribution in [1.29, 1.82) is 10.5 Å². The largest absolute Gasteiger partial charge is 0.343 e. The maximum Gasteiger partial charge on any atom is 0.343 e. The zero-order chi connectivity index (χ0) is 22.1. The lowest BCUT2D eigenvalue weighted by atomic mass is 9.84. The van der Waals surface area contributed by atoms with Crippen molar-refractivity contribution in [3.8, 4) is 12.1 Å². The fourth-order valence-corrected chi connectivity index (χ4v) is 5.89. The third kappa shape index (κ3) is 1.67. The lowest BCUT2D eigenvalue weighted by Gasteiger charge is -2.29. The van der Waals surface area contributed by atoms with E-state index in [1.165, 1.54) is 14.2 Å². The van der Waals surface area contributed by atoms with Crippen molar-refractivity contribution in [2.24, 2.45) is 16.6 Å². The minimum Gasteiger partial charge on any atom is -0.317 e. The SMILES string of the molecule is COC1(OC)[NH+]=C(N)[C@]2(C#N)[C@]3(C(=O)N(Cc4ccccc4)c4ccccc43)[C@]12C#N. The third-order valence-corrected chi connectivity index (χ3v) is 7.08. The van der Waals surface area contributed by atoms with Crippen LogP contribution in [0.4, 0.5) is 5.69 Å². The highest BCUT2D eigenvalue weighted by Gasteiger charge is 3.08. The van der Waals surface area contributed by atoms with Crippen molar-refractivity contribution < 1.29 is 19.3 Å². The van der Waals surface area contributed by atoms with Gasteiger partial charge in [0, 0.05) is 19.9 Å². The maximum atomic E-state index is 14.2. The monoisotopic (exact) mass is 414 g/mol. The average Bonchev–Trinajstić information content (AvgIpc) is 3.21. The summed E-state index contributed by atoms with van der Waals surface area (Å²) >= 11 is 0. The molecule has 3 atom stereocenters. The van der Waals surface area contributed by atoms with Gasteiger partial charge in [-0.15, -0.1) is 0 Å². The molecule has 154 valence electrons. The normalized spacial score (nSPS) is 31.5. The summed E-state index contributed by atoms with van der Waals surface area (Å²) < 4.78 is 11.2. The van der Waals surface area contributed by atoms with Crippen LogP contribution in [-0.4, -0.2) is 31.9 Å². The molecule has 2 aromatic rings. The van der Waals surface area contributed by atoms with E-state index < -0.39 is 22.2 Å². The van der Waals surface area contributed by atoms with Crippen LogP contribution in [0.25, 0.3) is 0 Å². The van der Waals surface area contributed by atoms with Gasteiger partial charge in [0.25, 0.3) is 5.84 Å². The quantitative estimate of drug-likeness (QED) is 0.673. The standard InChI is InChI=1S/C23H19N5O3/c1-30-23(31-2)21(14-25)20(13-24,18(26)27-23)22(21)16-10-6-7-11-17(16)28(19(22)29)12-15-8-4-3-5-9-15/h3-11H,12H2,1-2H3,(H2,26,27)/p+1/t20-,21+,22-/m0/s1. The van der Waals surface area contributed by atoms with E-state index in [9.17, 15) is 15.3 Å². The van der Waals surface area contributed by atoms with E-state index in [0.717, 1.165) is 5.56 Å². The molecule has 3 aliphatic rings. The summed E-state index contributed by atoms with van der Waals surface area (Å²) in [7, 11) is 2.71. The summed E-state index contributed by atoms with van der Waals surface area (Å²) in [5, 5.41) is 20.9. The number of benzene rings is 2. The molecule has 3 N–H and O–H groups in total. The van der Waals surface area contributed by atoms with Crippen molar-refractivity contribution >= 4 is 17.4 Å². The van der Waals surface area contributed by atoms with Crippen LogP contribution in [0.5, 0.6) is 0 Å². The summed E-state index contributed by atoms with van der Waals surface area (Å²) in [6.07, 6.45) is 0. The van der Waals surface area contributed by atoms with Crippen molar-refractivity contribution in [1.82, 2.24) is 0 Å². The molecule has 5 rings (SSSR count). The molecule has 1 fully saturated rings. The minimum atomic E-state index is -1.76. The van der Waals surface area contributed by atoms with E-state index in [1.807, 2.05) is 42.5 Å². The number of fused-ring (bicyclic) bond motifs is 5. The molecule has 1 amide bonds. The molecule has 0 radical (unpaired) electrons. The summed E-state index contributed by atoms with van der Waals surface area (Å²) in [5.74, 6) is -2.14. The highest BCUT2D eigenvalue weighted by molar-refractivity contribution is 6.20. The van der Waals surface area contributed by atoms with Crippen molar-refractivity contribution in [3.63, 3.8) is 0 Å². The van der Waals surface area contributed by atoms with Gasteiger partial charge in [0.15, 0.2) is 0 Å². The minimum absolute atomic E-state index is 0.00929. The number of amidine groups is 1. The van der Waals surface area contributed by atoms with Crippen LogP contribution in [0.2, 0.25) is 0 Å². The molecule has 2 aliphatic heterocycles. The van der Waals surface area contributed by atoms with Gasteiger partial charge in [-0.25, -0.2) is 4.99 Å². The van der Waals surface area contributed by atoms with Crippen LogP contribution in [0.15, 0.2) is 54.6 Å². The van der Waals surface area contributed by atoms with Crippen LogP contribution >= 0.6 is 0 Å². The number of methoxy groups -OCH3 is 2. The zero-order valence-corrected chi connectivity index (χ0v) is 17.0. The first-order chi connectivity index (χ1) is 15.0. The Labute approximate surface area is 179 Å². The highest BCUT2D eigenvalue weighted by Crippen LogP contribution is 2.85. The third-order valence-electron chi connectivity index (χ3n) is 7.08. The second-order valence-corrected chi connectivity index (χ2v) is 7.93. The molecule has 8 heteroatoms. The number of hydrogen-bond donors (Lipinski definition) is 2. The lowest BCUT2D eigenvalue weighted by molar-refractivity contribution is -0.688. The average molecular weight is 414 g/mol. The van der Waals surface area contributed by atoms with E-state index in [2.05, 4.69) is 17.1 Å². The van der Waals surface area contributed by atoms with E-state index >= 15 is 0 Å². The van der Waals surface area contributed by atoms with Gasteiger partial charge in [-0.1, -0.05) is 48.5 Å². The number of carbonyl (C=O) groups is 1. The Balaban J connectivity index is 1.79. The first kappa shape index (κ1) is 19.3. The summed E-state index contributed by atoms with van der Waals surface area (Å²) in [4.78, 5) is 18.6. The fourth-order valence-electron chi connectivity index (χ4n) is 5.89. The van der Waals surface area contributed by atoms with Gasteiger partial charge < -0.3 is 14.4 Å². The first-order valence-corrected chi connectivity index (χ1v) is 9.77. The molecule has 1 saturated carbocycles. The van der Waals surface area contributed by atoms with Gasteiger partial charge >= 0.3 is 5.91 Å². The molecule has 0 bridgehead atoms. The molecule has 0 saturated heterocycles. The number of amides is 1. The number of nitrogens with zero attached hydrogens (tertiary/aromatic N) is 3. The number of anilines is 1. The van der Waals surface area contributed by atoms with Crippen molar-refractivity contribution in [2.75, 3.05) is 19.1 Å². The van der Waals surface area contributed by atoms with Gasteiger partial charge in [0.1, 0.15) is 5.41 Å². The van der Waals surface area contributed by atoms with E-state index in [4.69, 9.17) is 15.2 Å². The Morgan fingerprint density at radius 3 is 2.29 bits per heavy atom. The van der Waals surface area contributed by atoms with Gasteiger partial charge in [-0.05, 0) is 17.2 Å². The topological polar surface area (TPSA) is 126 Å². The number of hydrogen-bond acceptors (Lipinski definition) is 6. The van der Waals surface area contributed by atoms with E-state index in [0.29, 0.717) is 17.8 Å². The predicted molar refractivity (Wildman–Crippen MR) is 109 cm³/mol. The summed E-state index contributed by atoms with van der Waals surface area (Å²) in [6, 6.07) is 21.2. The number of carbonyl (C=O) groups excluding carboxylic acids is 1. The Morgan fingerprint density at radius 2 is 1.68 bits per heavy atom. The van der Waals surface area contributed by atoms with Crippen molar-refractivity contribution in [3.05, 3.63) is 65.7 Å². The van der Waals surface area contributed by atoms with Gasteiger partial charge in [0.05, 0.1) is 18.7 Å². The Hall–Kier alpha value is -3.72. The molecule has 2 heterocycles. The fraction of sp³-hybridized carbons (Fsp3) is 0.304. The number of para-hydroxylation sites is 1. The van der Waals surface area contributed by atoms with Crippen LogP contribution in [0.3, 0.4) is 0 Å². The molecule has 8 nitrogen and oxygen atoms in total. The highest BCUT2D eigenvalue weighted by atomic mass is 16.7. The second kappa shape index (κ2) is 5.92. The summed E-state index contributed by atoms with van der Waals surface area (Å²) in [5.41, 5.74) is 3.53. The van der Waals surface area contributed by atoms with Gasteiger partial charge in [-0.3, -0.25) is 10.5 Å². The molecular formula is C23H20N5O3+. The van der Waals surface area contributed by atoms with Crippen LogP contribution in [0.1, 0.15) is 11.1 Å². The zero-order valence-electron chi connectivity index (χ0n) is 17.0. The predicted octanol–water partition coefficient (Wildman–Crippen LogP) is -0.0972. The Kier molecular flexibility index (Phi) is 3.67. The Bertz CT molecular complexity index is 1230. The first-order valence-electron chi connectivity index (χ1n) is 9.77. The summed E-state index contributed by atoms with van der Waals surface area (Å²) in [6.45, 7) is 0.293. The van der Waals surface area contributed by atoms with Crippen LogP contribution < -0.4 is 15.6 Å². The van der Waals surface area contributed by atoms with Gasteiger partial charge in [0.2, 0.25) is 16.7 Å². The number of nitrogens with two attached hydrogens (primary N) is 1. The molecule has 0 aromatic heterocycles. The molecule has 31 heavy (non-hydrogen) atoms. The molecule has 1 aliphatic carbocycles. The van der Waals surface area contributed by atoms with E-state index in [-0.39, 0.29) is 11.7 Å². The Morgan fingerprint density at radius 1 is 1.03 bits per heavy atom. The van der Waals surface area contributed by atoms with Gasteiger partial charge in [-0.2, -0.15) is 10.5 Å². The van der Waals surface area contributed by atoms with Crippen LogP contribution in [-0.2, 0) is 26.2 Å². The smallest absolute Gasteiger partial charge is 0.317 e. The molecular weight excluding hydrogens is 394 g/mol. The number of ether oxygens (including phenoxy) is 2. The number of nitrogens with one attached hydrogen (secondary N) is 1. The molecule has 0 unspecified atom stereocenters.